The molecule has 120 valence electrons. The van der Waals surface area contributed by atoms with E-state index in [0.717, 1.165) is 12.8 Å². The van der Waals surface area contributed by atoms with Crippen LogP contribution in [-0.4, -0.2) is 32.9 Å². The van der Waals surface area contributed by atoms with Gasteiger partial charge in [0.2, 0.25) is 5.09 Å². The Morgan fingerprint density at radius 3 is 2.43 bits per heavy atom. The molecule has 1 aliphatic heterocycles. The lowest BCUT2D eigenvalue weighted by Gasteiger charge is -2.37. The molecule has 0 unspecified atom stereocenters. The van der Waals surface area contributed by atoms with E-state index in [1.165, 1.54) is 0 Å². The highest BCUT2D eigenvalue weighted by Crippen LogP contribution is 2.35. The van der Waals surface area contributed by atoms with E-state index in [2.05, 4.69) is 26.1 Å². The van der Waals surface area contributed by atoms with Crippen LogP contribution in [0.3, 0.4) is 0 Å². The van der Waals surface area contributed by atoms with E-state index < -0.39 is 10.0 Å². The molecule has 1 saturated heterocycles. The predicted molar refractivity (Wildman–Crippen MR) is 82.4 cm³/mol. The molecule has 6 heteroatoms. The Bertz CT molecular complexity index is 564. The molecular weight excluding hydrogens is 288 g/mol. The second kappa shape index (κ2) is 6.10. The molecule has 0 spiro atoms. The van der Waals surface area contributed by atoms with Crippen LogP contribution in [0.5, 0.6) is 0 Å². The van der Waals surface area contributed by atoms with E-state index in [0.29, 0.717) is 31.3 Å². The van der Waals surface area contributed by atoms with Crippen LogP contribution in [0, 0.1) is 11.3 Å². The number of hydrogen-bond acceptors (Lipinski definition) is 4. The molecule has 0 aromatic carbocycles. The number of nitrogens with zero attached hydrogens (tertiary/aromatic N) is 1. The number of nitrogens with one attached hydrogen (secondary N) is 1. The molecule has 21 heavy (non-hydrogen) atoms. The van der Waals surface area contributed by atoms with Crippen LogP contribution >= 0.6 is 0 Å². The van der Waals surface area contributed by atoms with E-state index in [9.17, 15) is 8.42 Å². The fourth-order valence-corrected chi connectivity index (χ4v) is 4.25. The van der Waals surface area contributed by atoms with Gasteiger partial charge in [-0.2, -0.15) is 4.31 Å². The molecule has 0 amide bonds. The normalized spacial score (nSPS) is 19.0. The third kappa shape index (κ3) is 3.67. The maximum absolute atomic E-state index is 12.6. The summed E-state index contributed by atoms with van der Waals surface area (Å²) < 4.78 is 32.1. The van der Waals surface area contributed by atoms with Crippen molar-refractivity contribution in [1.82, 2.24) is 9.62 Å². The Balaban J connectivity index is 2.07. The topological polar surface area (TPSA) is 62.6 Å². The number of hydrogen-bond donors (Lipinski definition) is 1. The molecule has 1 aromatic heterocycles. The first-order chi connectivity index (χ1) is 9.75. The van der Waals surface area contributed by atoms with Gasteiger partial charge >= 0.3 is 0 Å². The van der Waals surface area contributed by atoms with E-state index in [1.807, 2.05) is 0 Å². The van der Waals surface area contributed by atoms with E-state index in [1.54, 1.807) is 23.5 Å². The number of piperidine rings is 1. The van der Waals surface area contributed by atoms with Crippen LogP contribution in [0.2, 0.25) is 0 Å². The molecule has 0 saturated carbocycles. The second-order valence-corrected chi connectivity index (χ2v) is 8.66. The molecule has 0 bridgehead atoms. The predicted octanol–water partition coefficient (Wildman–Crippen LogP) is 2.45. The fourth-order valence-electron chi connectivity index (χ4n) is 2.86. The van der Waals surface area contributed by atoms with Gasteiger partial charge in [0.05, 0.1) is 6.54 Å². The Morgan fingerprint density at radius 2 is 1.90 bits per heavy atom. The van der Waals surface area contributed by atoms with Crippen molar-refractivity contribution < 1.29 is 12.8 Å². The van der Waals surface area contributed by atoms with Crippen molar-refractivity contribution in [3.8, 4) is 0 Å². The van der Waals surface area contributed by atoms with Gasteiger partial charge < -0.3 is 9.73 Å². The zero-order valence-corrected chi connectivity index (χ0v) is 14.2. The van der Waals surface area contributed by atoms with E-state index >= 15 is 0 Å². The summed E-state index contributed by atoms with van der Waals surface area (Å²) in [4.78, 5) is 0. The zero-order valence-electron chi connectivity index (χ0n) is 13.3. The minimum Gasteiger partial charge on any atom is -0.447 e. The van der Waals surface area contributed by atoms with Gasteiger partial charge in [0, 0.05) is 13.1 Å². The Labute approximate surface area is 127 Å². The summed E-state index contributed by atoms with van der Waals surface area (Å²) >= 11 is 0. The fraction of sp³-hybridized carbons (Fsp3) is 0.733. The highest BCUT2D eigenvalue weighted by Gasteiger charge is 2.35. The third-order valence-electron chi connectivity index (χ3n) is 4.26. The van der Waals surface area contributed by atoms with Crippen molar-refractivity contribution in [2.24, 2.45) is 11.3 Å². The number of sulfonamides is 1. The van der Waals surface area contributed by atoms with Crippen molar-refractivity contribution in [3.05, 3.63) is 17.9 Å². The summed E-state index contributed by atoms with van der Waals surface area (Å²) in [6.07, 6.45) is 1.82. The smallest absolute Gasteiger partial charge is 0.276 e. The lowest BCUT2D eigenvalue weighted by Crippen LogP contribution is -2.41. The van der Waals surface area contributed by atoms with Crippen LogP contribution in [0.4, 0.5) is 0 Å². The number of rotatable bonds is 4. The summed E-state index contributed by atoms with van der Waals surface area (Å²) in [5.41, 5.74) is 0.237. The average Bonchev–Trinajstić information content (AvgIpc) is 2.88. The Hall–Kier alpha value is -0.850. The zero-order chi connectivity index (χ0) is 15.7. The van der Waals surface area contributed by atoms with Crippen molar-refractivity contribution in [3.63, 3.8) is 0 Å². The van der Waals surface area contributed by atoms with Crippen LogP contribution in [-0.2, 0) is 16.6 Å². The van der Waals surface area contributed by atoms with Crippen LogP contribution < -0.4 is 5.32 Å². The molecule has 0 radical (unpaired) electrons. The van der Waals surface area contributed by atoms with Gasteiger partial charge in [0.15, 0.2) is 0 Å². The van der Waals surface area contributed by atoms with Gasteiger partial charge in [-0.3, -0.25) is 0 Å². The molecule has 2 heterocycles. The van der Waals surface area contributed by atoms with Crippen molar-refractivity contribution in [2.75, 3.05) is 20.1 Å². The summed E-state index contributed by atoms with van der Waals surface area (Å²) in [6, 6.07) is 3.27. The molecule has 1 fully saturated rings. The molecule has 0 aliphatic carbocycles. The molecule has 1 N–H and O–H groups in total. The van der Waals surface area contributed by atoms with Gasteiger partial charge in [-0.15, -0.1) is 0 Å². The minimum atomic E-state index is -3.49. The first-order valence-electron chi connectivity index (χ1n) is 7.48. The first-order valence-corrected chi connectivity index (χ1v) is 8.92. The quantitative estimate of drug-likeness (QED) is 0.927. The maximum Gasteiger partial charge on any atom is 0.276 e. The monoisotopic (exact) mass is 314 g/mol. The molecule has 1 aromatic rings. The van der Waals surface area contributed by atoms with Crippen LogP contribution in [0.25, 0.3) is 0 Å². The lowest BCUT2D eigenvalue weighted by molar-refractivity contribution is 0.153. The summed E-state index contributed by atoms with van der Waals surface area (Å²) in [6.45, 7) is 8.34. The molecule has 5 nitrogen and oxygen atoms in total. The van der Waals surface area contributed by atoms with E-state index in [-0.39, 0.29) is 10.5 Å². The van der Waals surface area contributed by atoms with Gasteiger partial charge in [0.1, 0.15) is 5.76 Å². The highest BCUT2D eigenvalue weighted by atomic mass is 32.2. The number of furan rings is 1. The summed E-state index contributed by atoms with van der Waals surface area (Å²) in [7, 11) is -1.69. The third-order valence-corrected chi connectivity index (χ3v) is 6.03. The van der Waals surface area contributed by atoms with Gasteiger partial charge in [-0.1, -0.05) is 20.8 Å². The highest BCUT2D eigenvalue weighted by molar-refractivity contribution is 7.89. The van der Waals surface area contributed by atoms with Gasteiger partial charge in [-0.05, 0) is 43.4 Å². The maximum atomic E-state index is 12.6. The SMILES string of the molecule is CNCc1ccc(S(=O)(=O)N2CCC(C(C)(C)C)CC2)o1. The molecular formula is C15H26N2O3S. The summed E-state index contributed by atoms with van der Waals surface area (Å²) in [5, 5.41) is 3.01. The first kappa shape index (κ1) is 16.5. The van der Waals surface area contributed by atoms with Crippen molar-refractivity contribution >= 4 is 10.0 Å². The summed E-state index contributed by atoms with van der Waals surface area (Å²) in [5.74, 6) is 1.21. The minimum absolute atomic E-state index is 0.0574. The lowest BCUT2D eigenvalue weighted by atomic mass is 9.76. The Morgan fingerprint density at radius 1 is 1.29 bits per heavy atom. The van der Waals surface area contributed by atoms with Crippen molar-refractivity contribution in [2.45, 2.75) is 45.2 Å². The van der Waals surface area contributed by atoms with E-state index in [4.69, 9.17) is 4.42 Å². The molecule has 2 rings (SSSR count). The van der Waals surface area contributed by atoms with Crippen LogP contribution in [0.1, 0.15) is 39.4 Å². The standard InChI is InChI=1S/C15H26N2O3S/c1-15(2,3)12-7-9-17(10-8-12)21(18,19)14-6-5-13(20-14)11-16-4/h5-6,12,16H,7-11H2,1-4H3. The second-order valence-electron chi connectivity index (χ2n) is 6.80. The Kier molecular flexibility index (Phi) is 4.80. The van der Waals surface area contributed by atoms with Crippen molar-refractivity contribution in [1.29, 1.82) is 0 Å². The molecule has 1 aliphatic rings. The van der Waals surface area contributed by atoms with Gasteiger partial charge in [-0.25, -0.2) is 8.42 Å². The largest absolute Gasteiger partial charge is 0.447 e. The van der Waals surface area contributed by atoms with Gasteiger partial charge in [0.25, 0.3) is 10.0 Å². The van der Waals surface area contributed by atoms with Crippen LogP contribution in [0.15, 0.2) is 21.6 Å². The average molecular weight is 314 g/mol. The molecule has 0 atom stereocenters.